The van der Waals surface area contributed by atoms with Crippen LogP contribution >= 0.6 is 12.4 Å². The number of benzene rings is 1. The molecule has 1 aliphatic rings. The predicted octanol–water partition coefficient (Wildman–Crippen LogP) is 2.52. The number of halogens is 1. The molecule has 1 fully saturated rings. The van der Waals surface area contributed by atoms with E-state index in [1.54, 1.807) is 18.2 Å². The summed E-state index contributed by atoms with van der Waals surface area (Å²) in [5.74, 6) is 0.0138. The number of carbonyl (C=O) groups excluding carboxylic acids is 2. The van der Waals surface area contributed by atoms with Gasteiger partial charge in [0.05, 0.1) is 6.04 Å². The van der Waals surface area contributed by atoms with Gasteiger partial charge in [-0.05, 0) is 37.5 Å². The standard InChI is InChI=1S/C15H21N3O2.ClH/c1-2-4-13(16)15(20)18-12-6-3-5-11(9-12)17-14(19)10-7-8-10;/h3,5-6,9-10,13H,2,4,7-8,16H2,1H3,(H,17,19)(H,18,20);1H. The van der Waals surface area contributed by atoms with E-state index in [9.17, 15) is 9.59 Å². The van der Waals surface area contributed by atoms with Gasteiger partial charge in [-0.15, -0.1) is 12.4 Å². The molecule has 1 saturated carbocycles. The van der Waals surface area contributed by atoms with Gasteiger partial charge in [0.25, 0.3) is 0 Å². The second kappa shape index (κ2) is 8.00. The molecule has 0 aromatic heterocycles. The summed E-state index contributed by atoms with van der Waals surface area (Å²) in [4.78, 5) is 23.5. The van der Waals surface area contributed by atoms with Crippen LogP contribution in [-0.4, -0.2) is 17.9 Å². The summed E-state index contributed by atoms with van der Waals surface area (Å²) in [7, 11) is 0. The topological polar surface area (TPSA) is 84.2 Å². The van der Waals surface area contributed by atoms with Crippen molar-refractivity contribution in [1.29, 1.82) is 0 Å². The first kappa shape index (κ1) is 17.5. The smallest absolute Gasteiger partial charge is 0.241 e. The molecule has 2 amide bonds. The van der Waals surface area contributed by atoms with Crippen LogP contribution in [0.1, 0.15) is 32.6 Å². The number of nitrogens with one attached hydrogen (secondary N) is 2. The van der Waals surface area contributed by atoms with Crippen LogP contribution in [-0.2, 0) is 9.59 Å². The number of rotatable bonds is 6. The number of nitrogens with two attached hydrogens (primary N) is 1. The largest absolute Gasteiger partial charge is 0.326 e. The zero-order chi connectivity index (χ0) is 14.5. The quantitative estimate of drug-likeness (QED) is 0.754. The molecule has 1 aliphatic carbocycles. The Balaban J connectivity index is 0.00000220. The van der Waals surface area contributed by atoms with Gasteiger partial charge in [-0.3, -0.25) is 9.59 Å². The molecule has 21 heavy (non-hydrogen) atoms. The zero-order valence-corrected chi connectivity index (χ0v) is 12.9. The lowest BCUT2D eigenvalue weighted by Crippen LogP contribution is -2.35. The molecular weight excluding hydrogens is 290 g/mol. The molecule has 0 saturated heterocycles. The van der Waals surface area contributed by atoms with E-state index in [1.807, 2.05) is 13.0 Å². The summed E-state index contributed by atoms with van der Waals surface area (Å²) in [5, 5.41) is 5.62. The summed E-state index contributed by atoms with van der Waals surface area (Å²) in [6, 6.07) is 6.63. The first-order chi connectivity index (χ1) is 9.60. The monoisotopic (exact) mass is 311 g/mol. The van der Waals surface area contributed by atoms with Gasteiger partial charge in [-0.2, -0.15) is 0 Å². The minimum absolute atomic E-state index is 0. The Hall–Kier alpha value is -1.59. The third-order valence-corrected chi connectivity index (χ3v) is 3.28. The van der Waals surface area contributed by atoms with Gasteiger partial charge in [0.2, 0.25) is 11.8 Å². The molecule has 0 spiro atoms. The summed E-state index contributed by atoms with van der Waals surface area (Å²) >= 11 is 0. The number of carbonyl (C=O) groups is 2. The van der Waals surface area contributed by atoms with Crippen molar-refractivity contribution in [3.05, 3.63) is 24.3 Å². The summed E-state index contributed by atoms with van der Waals surface area (Å²) < 4.78 is 0. The normalized spacial score (nSPS) is 14.8. The summed E-state index contributed by atoms with van der Waals surface area (Å²) in [5.41, 5.74) is 7.11. The maximum Gasteiger partial charge on any atom is 0.241 e. The summed E-state index contributed by atoms with van der Waals surface area (Å²) in [6.45, 7) is 1.99. The molecule has 0 heterocycles. The fraction of sp³-hybridized carbons (Fsp3) is 0.467. The van der Waals surface area contributed by atoms with Gasteiger partial charge in [-0.1, -0.05) is 19.4 Å². The van der Waals surface area contributed by atoms with Crippen LogP contribution in [0.5, 0.6) is 0 Å². The van der Waals surface area contributed by atoms with Crippen molar-refractivity contribution in [3.8, 4) is 0 Å². The van der Waals surface area contributed by atoms with Gasteiger partial charge in [0.15, 0.2) is 0 Å². The van der Waals surface area contributed by atoms with E-state index < -0.39 is 6.04 Å². The third-order valence-electron chi connectivity index (χ3n) is 3.28. The highest BCUT2D eigenvalue weighted by Gasteiger charge is 2.29. The molecule has 0 aliphatic heterocycles. The maximum absolute atomic E-state index is 11.8. The van der Waals surface area contributed by atoms with E-state index in [0.717, 1.165) is 19.3 Å². The highest BCUT2D eigenvalue weighted by atomic mass is 35.5. The lowest BCUT2D eigenvalue weighted by Gasteiger charge is -2.12. The van der Waals surface area contributed by atoms with Crippen LogP contribution in [0.3, 0.4) is 0 Å². The minimum Gasteiger partial charge on any atom is -0.326 e. The Labute approximate surface area is 131 Å². The molecule has 1 atom stereocenters. The van der Waals surface area contributed by atoms with Crippen LogP contribution < -0.4 is 16.4 Å². The van der Waals surface area contributed by atoms with Crippen molar-refractivity contribution in [1.82, 2.24) is 0 Å². The Morgan fingerprint density at radius 1 is 1.29 bits per heavy atom. The zero-order valence-electron chi connectivity index (χ0n) is 12.1. The molecule has 2 rings (SSSR count). The number of amides is 2. The molecule has 1 aromatic rings. The predicted molar refractivity (Wildman–Crippen MR) is 86.6 cm³/mol. The number of anilines is 2. The number of hydrogen-bond acceptors (Lipinski definition) is 3. The highest BCUT2D eigenvalue weighted by Crippen LogP contribution is 2.30. The van der Waals surface area contributed by atoms with Crippen LogP contribution in [0.15, 0.2) is 24.3 Å². The SMILES string of the molecule is CCCC(N)C(=O)Nc1cccc(NC(=O)C2CC2)c1.Cl. The number of hydrogen-bond donors (Lipinski definition) is 3. The highest BCUT2D eigenvalue weighted by molar-refractivity contribution is 5.97. The third kappa shape index (κ3) is 5.36. The molecule has 6 heteroatoms. The van der Waals surface area contributed by atoms with Crippen LogP contribution in [0.2, 0.25) is 0 Å². The van der Waals surface area contributed by atoms with Crippen molar-refractivity contribution in [2.75, 3.05) is 10.6 Å². The lowest BCUT2D eigenvalue weighted by atomic mass is 10.1. The van der Waals surface area contributed by atoms with E-state index in [2.05, 4.69) is 10.6 Å². The van der Waals surface area contributed by atoms with Crippen molar-refractivity contribution >= 4 is 35.6 Å². The molecule has 4 N–H and O–H groups in total. The van der Waals surface area contributed by atoms with Crippen molar-refractivity contribution in [2.24, 2.45) is 11.7 Å². The van der Waals surface area contributed by atoms with Crippen LogP contribution in [0, 0.1) is 5.92 Å². The van der Waals surface area contributed by atoms with E-state index in [-0.39, 0.29) is 30.1 Å². The van der Waals surface area contributed by atoms with Crippen molar-refractivity contribution in [2.45, 2.75) is 38.6 Å². The Bertz CT molecular complexity index is 503. The van der Waals surface area contributed by atoms with Gasteiger partial charge in [-0.25, -0.2) is 0 Å². The molecular formula is C15H22ClN3O2. The van der Waals surface area contributed by atoms with Gasteiger partial charge >= 0.3 is 0 Å². The van der Waals surface area contributed by atoms with Crippen molar-refractivity contribution in [3.63, 3.8) is 0 Å². The van der Waals surface area contributed by atoms with Crippen LogP contribution in [0.4, 0.5) is 11.4 Å². The molecule has 1 unspecified atom stereocenters. The van der Waals surface area contributed by atoms with E-state index in [1.165, 1.54) is 0 Å². The molecule has 5 nitrogen and oxygen atoms in total. The molecule has 0 bridgehead atoms. The lowest BCUT2D eigenvalue weighted by molar-refractivity contribution is -0.118. The van der Waals surface area contributed by atoms with Gasteiger partial charge < -0.3 is 16.4 Å². The minimum atomic E-state index is -0.496. The second-order valence-electron chi connectivity index (χ2n) is 5.23. The van der Waals surface area contributed by atoms with Gasteiger partial charge in [0.1, 0.15) is 0 Å². The van der Waals surface area contributed by atoms with E-state index >= 15 is 0 Å². The molecule has 116 valence electrons. The first-order valence-corrected chi connectivity index (χ1v) is 7.07. The molecule has 1 aromatic carbocycles. The maximum atomic E-state index is 11.8. The first-order valence-electron chi connectivity index (χ1n) is 7.07. The van der Waals surface area contributed by atoms with Crippen molar-refractivity contribution < 1.29 is 9.59 Å². The average Bonchev–Trinajstić information content (AvgIpc) is 3.23. The Morgan fingerprint density at radius 3 is 2.48 bits per heavy atom. The average molecular weight is 312 g/mol. The molecule has 0 radical (unpaired) electrons. The van der Waals surface area contributed by atoms with E-state index in [0.29, 0.717) is 17.8 Å². The Kier molecular flexibility index (Phi) is 6.65. The van der Waals surface area contributed by atoms with Gasteiger partial charge in [0, 0.05) is 17.3 Å². The Morgan fingerprint density at radius 2 is 1.90 bits per heavy atom. The van der Waals surface area contributed by atoms with E-state index in [4.69, 9.17) is 5.73 Å². The fourth-order valence-corrected chi connectivity index (χ4v) is 1.94. The van der Waals surface area contributed by atoms with Crippen LogP contribution in [0.25, 0.3) is 0 Å². The summed E-state index contributed by atoms with van der Waals surface area (Å²) in [6.07, 6.45) is 3.46. The second-order valence-corrected chi connectivity index (χ2v) is 5.23. The fourth-order valence-electron chi connectivity index (χ4n) is 1.94.